The molecule has 17 heavy (non-hydrogen) atoms. The lowest BCUT2D eigenvalue weighted by Gasteiger charge is -2.04. The fourth-order valence-electron chi connectivity index (χ4n) is 1.40. The monoisotopic (exact) mass is 229 g/mol. The summed E-state index contributed by atoms with van der Waals surface area (Å²) < 4.78 is 1.54. The number of aromatic nitrogens is 2. The van der Waals surface area contributed by atoms with E-state index in [0.29, 0.717) is 5.69 Å². The van der Waals surface area contributed by atoms with Crippen molar-refractivity contribution in [2.45, 2.75) is 0 Å². The Bertz CT molecular complexity index is 599. The Hall–Kier alpha value is -2.79. The first-order valence-corrected chi connectivity index (χ1v) is 4.65. The smallest absolute Gasteiger partial charge is 0.336 e. The highest BCUT2D eigenvalue weighted by molar-refractivity contribution is 5.93. The van der Waals surface area contributed by atoms with E-state index < -0.39 is 5.97 Å². The topological polar surface area (TPSA) is 104 Å². The second-order valence-electron chi connectivity index (χ2n) is 3.15. The molecule has 0 bridgehead atoms. The summed E-state index contributed by atoms with van der Waals surface area (Å²) in [4.78, 5) is 13.5. The van der Waals surface area contributed by atoms with Crippen LogP contribution in [0, 0.1) is 0 Å². The normalized spacial score (nSPS) is 9.65. The number of carboxylic acids is 1. The molecule has 2 aromatic rings. The van der Waals surface area contributed by atoms with Crippen LogP contribution in [0.2, 0.25) is 0 Å². The van der Waals surface area contributed by atoms with Crippen LogP contribution in [0.5, 0.6) is 0 Å². The second kappa shape index (κ2) is 4.38. The zero-order valence-corrected chi connectivity index (χ0v) is 8.56. The molecule has 0 atom stereocenters. The van der Waals surface area contributed by atoms with E-state index in [1.807, 2.05) is 0 Å². The summed E-state index contributed by atoms with van der Waals surface area (Å²) in [6.45, 7) is 0. The lowest BCUT2D eigenvalue weighted by atomic mass is 10.1. The number of rotatable bonds is 3. The van der Waals surface area contributed by atoms with Gasteiger partial charge in [0.25, 0.3) is 0 Å². The van der Waals surface area contributed by atoms with Gasteiger partial charge in [-0.15, -0.1) is 0 Å². The van der Waals surface area contributed by atoms with Gasteiger partial charge in [-0.25, -0.2) is 9.48 Å². The molecule has 0 fully saturated rings. The molecule has 0 unspecified atom stereocenters. The first kappa shape index (κ1) is 10.7. The highest BCUT2D eigenvalue weighted by Gasteiger charge is 2.10. The largest absolute Gasteiger partial charge is 0.478 e. The van der Waals surface area contributed by atoms with Crippen molar-refractivity contribution >= 4 is 11.7 Å². The molecule has 0 spiro atoms. The van der Waals surface area contributed by atoms with E-state index in [1.54, 1.807) is 29.2 Å². The Morgan fingerprint density at radius 3 is 2.94 bits per heavy atom. The predicted octanol–water partition coefficient (Wildman–Crippen LogP) is 2.51. The Morgan fingerprint density at radius 2 is 2.35 bits per heavy atom. The molecule has 0 saturated heterocycles. The molecule has 1 heterocycles. The maximum absolute atomic E-state index is 10.9. The van der Waals surface area contributed by atoms with E-state index >= 15 is 0 Å². The highest BCUT2D eigenvalue weighted by Crippen LogP contribution is 2.23. The van der Waals surface area contributed by atoms with Crippen LogP contribution in [0.1, 0.15) is 10.4 Å². The number of benzene rings is 1. The molecule has 1 aromatic heterocycles. The van der Waals surface area contributed by atoms with Gasteiger partial charge in [0.15, 0.2) is 0 Å². The summed E-state index contributed by atoms with van der Waals surface area (Å²) in [6, 6.07) is 6.17. The van der Waals surface area contributed by atoms with Crippen molar-refractivity contribution in [2.75, 3.05) is 0 Å². The van der Waals surface area contributed by atoms with Gasteiger partial charge >= 0.3 is 5.97 Å². The van der Waals surface area contributed by atoms with Crippen LogP contribution in [-0.2, 0) is 0 Å². The van der Waals surface area contributed by atoms with Crippen molar-refractivity contribution in [2.24, 2.45) is 5.11 Å². The third-order valence-corrected chi connectivity index (χ3v) is 2.13. The summed E-state index contributed by atoms with van der Waals surface area (Å²) in [5.74, 6) is -1.14. The Kier molecular flexibility index (Phi) is 2.76. The van der Waals surface area contributed by atoms with Gasteiger partial charge in [-0.3, -0.25) is 0 Å². The number of hydrogen-bond acceptors (Lipinski definition) is 3. The fraction of sp³-hybridized carbons (Fsp3) is 0. The zero-order valence-electron chi connectivity index (χ0n) is 8.56. The molecule has 0 saturated carbocycles. The number of nitrogens with zero attached hydrogens (tertiary/aromatic N) is 5. The summed E-state index contributed by atoms with van der Waals surface area (Å²) >= 11 is 0. The standard InChI is InChI=1S/C10H7N5O2/c11-14-13-9-6-7(15-5-1-4-12-15)2-3-8(9)10(16)17/h1-6H,(H,16,17). The van der Waals surface area contributed by atoms with Crippen molar-refractivity contribution in [3.05, 3.63) is 52.7 Å². The average Bonchev–Trinajstić information content (AvgIpc) is 2.82. The minimum absolute atomic E-state index is 0.0429. The van der Waals surface area contributed by atoms with E-state index in [2.05, 4.69) is 15.1 Å². The lowest BCUT2D eigenvalue weighted by molar-refractivity contribution is 0.0698. The molecular formula is C10H7N5O2. The number of aromatic carboxylic acids is 1. The van der Waals surface area contributed by atoms with Gasteiger partial charge in [0.05, 0.1) is 16.9 Å². The van der Waals surface area contributed by atoms with Crippen LogP contribution in [-0.4, -0.2) is 20.9 Å². The van der Waals surface area contributed by atoms with Crippen molar-refractivity contribution in [1.29, 1.82) is 0 Å². The summed E-state index contributed by atoms with van der Waals surface area (Å²) in [5, 5.41) is 16.3. The Labute approximate surface area is 95.6 Å². The first-order valence-electron chi connectivity index (χ1n) is 4.65. The van der Waals surface area contributed by atoms with Crippen LogP contribution < -0.4 is 0 Å². The molecule has 7 nitrogen and oxygen atoms in total. The second-order valence-corrected chi connectivity index (χ2v) is 3.15. The fourth-order valence-corrected chi connectivity index (χ4v) is 1.40. The van der Waals surface area contributed by atoms with Crippen LogP contribution in [0.3, 0.4) is 0 Å². The van der Waals surface area contributed by atoms with Crippen LogP contribution in [0.15, 0.2) is 41.8 Å². The number of carboxylic acid groups (broad SMARTS) is 1. The molecule has 0 aliphatic heterocycles. The molecule has 0 amide bonds. The molecule has 84 valence electrons. The molecule has 0 aliphatic rings. The van der Waals surface area contributed by atoms with Gasteiger partial charge in [0.1, 0.15) is 0 Å². The van der Waals surface area contributed by atoms with E-state index in [9.17, 15) is 4.79 Å². The van der Waals surface area contributed by atoms with Crippen LogP contribution in [0.4, 0.5) is 5.69 Å². The molecule has 0 aliphatic carbocycles. The van der Waals surface area contributed by atoms with E-state index in [-0.39, 0.29) is 11.3 Å². The van der Waals surface area contributed by atoms with Gasteiger partial charge in [0.2, 0.25) is 0 Å². The van der Waals surface area contributed by atoms with Crippen molar-refractivity contribution in [3.63, 3.8) is 0 Å². The van der Waals surface area contributed by atoms with Gasteiger partial charge in [-0.1, -0.05) is 5.11 Å². The summed E-state index contributed by atoms with van der Waals surface area (Å²) in [7, 11) is 0. The molecule has 2 rings (SSSR count). The molecule has 0 radical (unpaired) electrons. The van der Waals surface area contributed by atoms with E-state index in [4.69, 9.17) is 10.6 Å². The molecule has 1 N–H and O–H groups in total. The van der Waals surface area contributed by atoms with Gasteiger partial charge in [-0.05, 0) is 29.8 Å². The zero-order chi connectivity index (χ0) is 12.3. The van der Waals surface area contributed by atoms with E-state index in [0.717, 1.165) is 0 Å². The Balaban J connectivity index is 2.57. The number of hydrogen-bond donors (Lipinski definition) is 1. The van der Waals surface area contributed by atoms with Gasteiger partial charge in [0, 0.05) is 17.3 Å². The minimum atomic E-state index is -1.14. The highest BCUT2D eigenvalue weighted by atomic mass is 16.4. The van der Waals surface area contributed by atoms with Crippen molar-refractivity contribution < 1.29 is 9.90 Å². The van der Waals surface area contributed by atoms with Crippen molar-refractivity contribution in [1.82, 2.24) is 9.78 Å². The maximum atomic E-state index is 10.9. The quantitative estimate of drug-likeness (QED) is 0.496. The Morgan fingerprint density at radius 1 is 1.53 bits per heavy atom. The first-order chi connectivity index (χ1) is 8.22. The maximum Gasteiger partial charge on any atom is 0.336 e. The molecule has 7 heteroatoms. The average molecular weight is 229 g/mol. The molecule has 1 aromatic carbocycles. The number of carbonyl (C=O) groups is 1. The third-order valence-electron chi connectivity index (χ3n) is 2.13. The predicted molar refractivity (Wildman–Crippen MR) is 59.3 cm³/mol. The third kappa shape index (κ3) is 2.09. The van der Waals surface area contributed by atoms with Gasteiger partial charge in [-0.2, -0.15) is 5.10 Å². The van der Waals surface area contributed by atoms with Crippen LogP contribution >= 0.6 is 0 Å². The summed E-state index contributed by atoms with van der Waals surface area (Å²) in [6.07, 6.45) is 3.30. The molecular weight excluding hydrogens is 222 g/mol. The van der Waals surface area contributed by atoms with Crippen LogP contribution in [0.25, 0.3) is 16.1 Å². The minimum Gasteiger partial charge on any atom is -0.478 e. The van der Waals surface area contributed by atoms with Gasteiger partial charge < -0.3 is 5.11 Å². The summed E-state index contributed by atoms with van der Waals surface area (Å²) in [5.41, 5.74) is 9.04. The number of azide groups is 1. The lowest BCUT2D eigenvalue weighted by Crippen LogP contribution is -1.99. The SMILES string of the molecule is [N-]=[N+]=Nc1cc(-n2cccn2)ccc1C(=O)O. The van der Waals surface area contributed by atoms with Crippen molar-refractivity contribution in [3.8, 4) is 5.69 Å². The van der Waals surface area contributed by atoms with E-state index in [1.165, 1.54) is 12.1 Å².